The number of hydrogen-bond donors (Lipinski definition) is 3. The highest BCUT2D eigenvalue weighted by Gasteiger charge is 2.08. The van der Waals surface area contributed by atoms with E-state index in [4.69, 9.17) is 12.2 Å². The lowest BCUT2D eigenvalue weighted by atomic mass is 10.0. The lowest BCUT2D eigenvalue weighted by Crippen LogP contribution is -2.32. The van der Waals surface area contributed by atoms with E-state index >= 15 is 0 Å². The first-order valence-corrected chi connectivity index (χ1v) is 12.5. The fourth-order valence-electron chi connectivity index (χ4n) is 3.48. The Hall–Kier alpha value is -2.22. The molecule has 0 amide bonds. The summed E-state index contributed by atoms with van der Waals surface area (Å²) in [5.41, 5.74) is 2.81. The molecule has 8 heteroatoms. The van der Waals surface area contributed by atoms with Crippen molar-refractivity contribution in [3.05, 3.63) is 33.9 Å². The zero-order chi connectivity index (χ0) is 23.4. The van der Waals surface area contributed by atoms with E-state index < -0.39 is 4.92 Å². The van der Waals surface area contributed by atoms with Gasteiger partial charge in [0.2, 0.25) is 0 Å². The molecule has 0 aromatic heterocycles. The minimum Gasteiger partial charge on any atom is -0.507 e. The van der Waals surface area contributed by atoms with Gasteiger partial charge in [0, 0.05) is 24.2 Å². The molecule has 0 aliphatic carbocycles. The van der Waals surface area contributed by atoms with Crippen molar-refractivity contribution in [1.82, 2.24) is 10.7 Å². The summed E-state index contributed by atoms with van der Waals surface area (Å²) in [5, 5.41) is 28.0. The highest BCUT2D eigenvalue weighted by molar-refractivity contribution is 7.80. The fraction of sp³-hybridized carbons (Fsp3) is 0.667. The van der Waals surface area contributed by atoms with E-state index in [-0.39, 0.29) is 17.0 Å². The van der Waals surface area contributed by atoms with Gasteiger partial charge in [0.25, 0.3) is 5.69 Å². The molecule has 0 saturated heterocycles. The Labute approximate surface area is 198 Å². The number of hydrogen-bond acceptors (Lipinski definition) is 5. The summed E-state index contributed by atoms with van der Waals surface area (Å²) < 4.78 is 0. The van der Waals surface area contributed by atoms with Crippen LogP contribution in [0.1, 0.15) is 102 Å². The standard InChI is InChI=1S/C24H40N4O3S/c1-2-3-4-5-6-7-8-9-10-11-12-13-14-15-18-25-24(32)27-26-20-21-19-22(28(30)31)16-17-23(21)29/h16-17,19-20,29H,2-15,18H2,1H3,(H2,25,27,32)/b26-20+. The second-order valence-electron chi connectivity index (χ2n) is 8.22. The molecule has 0 unspecified atom stereocenters. The summed E-state index contributed by atoms with van der Waals surface area (Å²) in [6.07, 6.45) is 19.9. The number of thiocarbonyl (C=S) groups is 1. The maximum atomic E-state index is 10.8. The molecule has 7 nitrogen and oxygen atoms in total. The van der Waals surface area contributed by atoms with Crippen LogP contribution in [0, 0.1) is 10.1 Å². The Balaban J connectivity index is 1.97. The average Bonchev–Trinajstić information content (AvgIpc) is 2.77. The molecule has 0 atom stereocenters. The monoisotopic (exact) mass is 464 g/mol. The van der Waals surface area contributed by atoms with Gasteiger partial charge in [-0.25, -0.2) is 0 Å². The van der Waals surface area contributed by atoms with E-state index in [0.717, 1.165) is 13.0 Å². The molecule has 32 heavy (non-hydrogen) atoms. The number of rotatable bonds is 18. The Morgan fingerprint density at radius 1 is 1.00 bits per heavy atom. The Morgan fingerprint density at radius 3 is 2.06 bits per heavy atom. The molecule has 3 N–H and O–H groups in total. The molecule has 1 aromatic carbocycles. The minimum absolute atomic E-state index is 0.0811. The van der Waals surface area contributed by atoms with Crippen LogP contribution >= 0.6 is 12.2 Å². The van der Waals surface area contributed by atoms with Crippen LogP contribution in [0.5, 0.6) is 5.75 Å². The van der Waals surface area contributed by atoms with Crippen molar-refractivity contribution in [1.29, 1.82) is 0 Å². The van der Waals surface area contributed by atoms with Crippen LogP contribution in [0.15, 0.2) is 23.3 Å². The summed E-state index contributed by atoms with van der Waals surface area (Å²) in [5.74, 6) is -0.0811. The molecule has 1 aromatic rings. The van der Waals surface area contributed by atoms with Gasteiger partial charge in [-0.1, -0.05) is 90.4 Å². The number of nitro benzene ring substituents is 1. The third kappa shape index (κ3) is 14.0. The summed E-state index contributed by atoms with van der Waals surface area (Å²) in [4.78, 5) is 10.3. The van der Waals surface area contributed by atoms with Crippen molar-refractivity contribution in [3.8, 4) is 5.75 Å². The van der Waals surface area contributed by atoms with Crippen LogP contribution < -0.4 is 10.7 Å². The lowest BCUT2D eigenvalue weighted by molar-refractivity contribution is -0.384. The topological polar surface area (TPSA) is 99.8 Å². The zero-order valence-corrected chi connectivity index (χ0v) is 20.3. The summed E-state index contributed by atoms with van der Waals surface area (Å²) >= 11 is 5.16. The molecule has 0 saturated carbocycles. The quantitative estimate of drug-likeness (QED) is 0.0746. The number of aromatic hydroxyl groups is 1. The lowest BCUT2D eigenvalue weighted by Gasteiger charge is -2.07. The molecule has 0 aliphatic rings. The fourth-order valence-corrected chi connectivity index (χ4v) is 3.64. The third-order valence-corrected chi connectivity index (χ3v) is 5.64. The number of unbranched alkanes of at least 4 members (excludes halogenated alkanes) is 13. The largest absolute Gasteiger partial charge is 0.507 e. The number of non-ortho nitro benzene ring substituents is 1. The molecule has 0 bridgehead atoms. The Morgan fingerprint density at radius 2 is 1.53 bits per heavy atom. The van der Waals surface area contributed by atoms with Gasteiger partial charge >= 0.3 is 0 Å². The number of phenolic OH excluding ortho intramolecular Hbond substituents is 1. The summed E-state index contributed by atoms with van der Waals surface area (Å²) in [6, 6.07) is 3.76. The van der Waals surface area contributed by atoms with E-state index in [1.54, 1.807) is 0 Å². The Bertz CT molecular complexity index is 698. The molecule has 0 fully saturated rings. The van der Waals surface area contributed by atoms with Gasteiger partial charge < -0.3 is 10.4 Å². The average molecular weight is 465 g/mol. The van der Waals surface area contributed by atoms with Crippen LogP contribution in [0.25, 0.3) is 0 Å². The van der Waals surface area contributed by atoms with Gasteiger partial charge in [-0.05, 0) is 24.7 Å². The molecule has 1 rings (SSSR count). The molecular formula is C24H40N4O3S. The molecule has 0 spiro atoms. The van der Waals surface area contributed by atoms with Crippen molar-refractivity contribution >= 4 is 29.2 Å². The van der Waals surface area contributed by atoms with E-state index in [1.165, 1.54) is 108 Å². The van der Waals surface area contributed by atoms with Crippen LogP contribution in [-0.2, 0) is 0 Å². The van der Waals surface area contributed by atoms with Crippen molar-refractivity contribution in [2.45, 2.75) is 96.8 Å². The van der Waals surface area contributed by atoms with E-state index in [9.17, 15) is 15.2 Å². The first-order chi connectivity index (χ1) is 15.5. The van der Waals surface area contributed by atoms with Crippen LogP contribution in [0.3, 0.4) is 0 Å². The van der Waals surface area contributed by atoms with Crippen molar-refractivity contribution in [3.63, 3.8) is 0 Å². The van der Waals surface area contributed by atoms with Crippen LogP contribution in [0.4, 0.5) is 5.69 Å². The number of nitrogens with zero attached hydrogens (tertiary/aromatic N) is 2. The minimum atomic E-state index is -0.521. The first-order valence-electron chi connectivity index (χ1n) is 12.1. The van der Waals surface area contributed by atoms with Crippen molar-refractivity contribution < 1.29 is 10.0 Å². The molecular weight excluding hydrogens is 424 g/mol. The highest BCUT2D eigenvalue weighted by atomic mass is 32.1. The molecule has 180 valence electrons. The van der Waals surface area contributed by atoms with Gasteiger partial charge in [-0.15, -0.1) is 0 Å². The SMILES string of the molecule is CCCCCCCCCCCCCCCCNC(=S)N/N=C/c1cc([N+](=O)[O-])ccc1O. The third-order valence-electron chi connectivity index (χ3n) is 5.41. The molecule has 0 aliphatic heterocycles. The predicted octanol–water partition coefficient (Wildman–Crippen LogP) is 6.58. The van der Waals surface area contributed by atoms with E-state index in [1.807, 2.05) is 0 Å². The maximum Gasteiger partial charge on any atom is 0.270 e. The normalized spacial score (nSPS) is 11.0. The van der Waals surface area contributed by atoms with Crippen molar-refractivity contribution in [2.75, 3.05) is 6.54 Å². The summed E-state index contributed by atoms with van der Waals surface area (Å²) in [7, 11) is 0. The summed E-state index contributed by atoms with van der Waals surface area (Å²) in [6.45, 7) is 3.04. The highest BCUT2D eigenvalue weighted by Crippen LogP contribution is 2.21. The van der Waals surface area contributed by atoms with E-state index in [0.29, 0.717) is 5.11 Å². The molecule has 0 radical (unpaired) electrons. The van der Waals surface area contributed by atoms with Gasteiger partial charge in [0.15, 0.2) is 5.11 Å². The predicted molar refractivity (Wildman–Crippen MR) is 136 cm³/mol. The Kier molecular flexibility index (Phi) is 16.0. The van der Waals surface area contributed by atoms with Crippen LogP contribution in [0.2, 0.25) is 0 Å². The second-order valence-corrected chi connectivity index (χ2v) is 8.63. The number of nitro groups is 1. The first kappa shape index (κ1) is 27.8. The number of hydrazone groups is 1. The van der Waals surface area contributed by atoms with Crippen molar-refractivity contribution in [2.24, 2.45) is 5.10 Å². The van der Waals surface area contributed by atoms with Gasteiger partial charge in [0.1, 0.15) is 5.75 Å². The number of benzene rings is 1. The van der Waals surface area contributed by atoms with Crippen LogP contribution in [-0.4, -0.2) is 27.9 Å². The molecule has 0 heterocycles. The van der Waals surface area contributed by atoms with Gasteiger partial charge in [0.05, 0.1) is 11.1 Å². The zero-order valence-electron chi connectivity index (χ0n) is 19.5. The van der Waals surface area contributed by atoms with Gasteiger partial charge in [-0.3, -0.25) is 15.5 Å². The second kappa shape index (κ2) is 18.4. The number of nitrogens with one attached hydrogen (secondary N) is 2. The smallest absolute Gasteiger partial charge is 0.270 e. The maximum absolute atomic E-state index is 10.8. The van der Waals surface area contributed by atoms with E-state index in [2.05, 4.69) is 22.8 Å². The number of phenols is 1. The van der Waals surface area contributed by atoms with Gasteiger partial charge in [-0.2, -0.15) is 5.10 Å².